The standard InChI is InChI=1S/C15H19BrFN3O/c1-11-13(8-18-5-6-21-2)9-19-20(11)10-12-3-4-14(17)7-15(12)16/h3-4,7,9,18H,5-6,8,10H2,1-2H3. The average Bonchev–Trinajstić information content (AvgIpc) is 2.79. The number of methoxy groups -OCH3 is 1. The molecule has 1 aromatic carbocycles. The molecule has 1 N–H and O–H groups in total. The summed E-state index contributed by atoms with van der Waals surface area (Å²) in [4.78, 5) is 0. The third-order valence-electron chi connectivity index (χ3n) is 3.34. The molecule has 0 radical (unpaired) electrons. The summed E-state index contributed by atoms with van der Waals surface area (Å²) < 4.78 is 20.8. The molecular formula is C15H19BrFN3O. The third-order valence-corrected chi connectivity index (χ3v) is 4.08. The number of halogens is 2. The Balaban J connectivity index is 2.02. The van der Waals surface area contributed by atoms with Gasteiger partial charge in [-0.15, -0.1) is 0 Å². The van der Waals surface area contributed by atoms with Crippen LogP contribution in [0.25, 0.3) is 0 Å². The van der Waals surface area contributed by atoms with Crippen LogP contribution in [-0.2, 0) is 17.8 Å². The number of aromatic nitrogens is 2. The first-order valence-corrected chi connectivity index (χ1v) is 7.56. The van der Waals surface area contributed by atoms with Gasteiger partial charge in [-0.25, -0.2) is 4.39 Å². The fraction of sp³-hybridized carbons (Fsp3) is 0.400. The molecule has 114 valence electrons. The SMILES string of the molecule is COCCNCc1cnn(Cc2ccc(F)cc2Br)c1C. The molecule has 0 bridgehead atoms. The topological polar surface area (TPSA) is 39.1 Å². The lowest BCUT2D eigenvalue weighted by Crippen LogP contribution is -2.19. The molecule has 0 unspecified atom stereocenters. The van der Waals surface area contributed by atoms with Crippen molar-refractivity contribution in [1.29, 1.82) is 0 Å². The van der Waals surface area contributed by atoms with Crippen LogP contribution in [0.5, 0.6) is 0 Å². The van der Waals surface area contributed by atoms with Gasteiger partial charge in [-0.3, -0.25) is 4.68 Å². The van der Waals surface area contributed by atoms with Gasteiger partial charge in [0, 0.05) is 35.9 Å². The summed E-state index contributed by atoms with van der Waals surface area (Å²) in [6.45, 7) is 4.92. The van der Waals surface area contributed by atoms with Crippen molar-refractivity contribution in [1.82, 2.24) is 15.1 Å². The Morgan fingerprint density at radius 3 is 2.90 bits per heavy atom. The van der Waals surface area contributed by atoms with E-state index in [2.05, 4.69) is 26.3 Å². The first-order chi connectivity index (χ1) is 10.1. The average molecular weight is 356 g/mol. The number of rotatable bonds is 7. The Hall–Kier alpha value is -1.24. The van der Waals surface area contributed by atoms with Gasteiger partial charge in [0.2, 0.25) is 0 Å². The highest BCUT2D eigenvalue weighted by atomic mass is 79.9. The first kappa shape index (κ1) is 16.1. The van der Waals surface area contributed by atoms with Crippen molar-refractivity contribution >= 4 is 15.9 Å². The van der Waals surface area contributed by atoms with E-state index >= 15 is 0 Å². The van der Waals surface area contributed by atoms with Gasteiger partial charge in [-0.05, 0) is 24.6 Å². The van der Waals surface area contributed by atoms with Crippen LogP contribution in [0, 0.1) is 12.7 Å². The Morgan fingerprint density at radius 1 is 1.38 bits per heavy atom. The summed E-state index contributed by atoms with van der Waals surface area (Å²) in [5.41, 5.74) is 3.27. The van der Waals surface area contributed by atoms with Crippen LogP contribution < -0.4 is 5.32 Å². The van der Waals surface area contributed by atoms with Crippen molar-refractivity contribution in [2.45, 2.75) is 20.0 Å². The number of ether oxygens (including phenoxy) is 1. The molecular weight excluding hydrogens is 337 g/mol. The van der Waals surface area contributed by atoms with Crippen molar-refractivity contribution in [2.24, 2.45) is 0 Å². The second-order valence-corrected chi connectivity index (χ2v) is 5.67. The molecule has 1 heterocycles. The minimum absolute atomic E-state index is 0.245. The maximum Gasteiger partial charge on any atom is 0.124 e. The maximum atomic E-state index is 13.1. The number of nitrogens with zero attached hydrogens (tertiary/aromatic N) is 2. The minimum atomic E-state index is -0.245. The van der Waals surface area contributed by atoms with Gasteiger partial charge in [0.05, 0.1) is 19.3 Å². The van der Waals surface area contributed by atoms with Crippen molar-refractivity contribution < 1.29 is 9.13 Å². The van der Waals surface area contributed by atoms with E-state index in [4.69, 9.17) is 4.74 Å². The Morgan fingerprint density at radius 2 is 2.19 bits per heavy atom. The minimum Gasteiger partial charge on any atom is -0.383 e. The summed E-state index contributed by atoms with van der Waals surface area (Å²) in [7, 11) is 1.69. The molecule has 0 spiro atoms. The van der Waals surface area contributed by atoms with E-state index in [0.717, 1.165) is 34.4 Å². The van der Waals surface area contributed by atoms with E-state index < -0.39 is 0 Å². The predicted octanol–water partition coefficient (Wildman–Crippen LogP) is 2.88. The molecule has 21 heavy (non-hydrogen) atoms. The molecule has 0 aliphatic carbocycles. The fourth-order valence-electron chi connectivity index (χ4n) is 2.03. The van der Waals surface area contributed by atoms with E-state index in [1.54, 1.807) is 13.2 Å². The monoisotopic (exact) mass is 355 g/mol. The molecule has 0 saturated heterocycles. The molecule has 2 rings (SSSR count). The number of hydrogen-bond donors (Lipinski definition) is 1. The maximum absolute atomic E-state index is 13.1. The van der Waals surface area contributed by atoms with E-state index in [0.29, 0.717) is 13.2 Å². The summed E-state index contributed by atoms with van der Waals surface area (Å²) in [6, 6.07) is 4.71. The lowest BCUT2D eigenvalue weighted by atomic mass is 10.2. The Labute approximate surface area is 132 Å². The van der Waals surface area contributed by atoms with Crippen LogP contribution in [0.1, 0.15) is 16.8 Å². The van der Waals surface area contributed by atoms with Crippen LogP contribution in [0.15, 0.2) is 28.9 Å². The van der Waals surface area contributed by atoms with Crippen LogP contribution in [0.2, 0.25) is 0 Å². The predicted molar refractivity (Wildman–Crippen MR) is 83.7 cm³/mol. The number of hydrogen-bond acceptors (Lipinski definition) is 3. The van der Waals surface area contributed by atoms with Gasteiger partial charge in [-0.1, -0.05) is 22.0 Å². The van der Waals surface area contributed by atoms with Gasteiger partial charge in [0.15, 0.2) is 0 Å². The van der Waals surface area contributed by atoms with E-state index in [1.807, 2.05) is 17.8 Å². The largest absolute Gasteiger partial charge is 0.383 e. The van der Waals surface area contributed by atoms with Crippen LogP contribution in [0.4, 0.5) is 4.39 Å². The zero-order valence-electron chi connectivity index (χ0n) is 12.2. The van der Waals surface area contributed by atoms with Crippen molar-refractivity contribution in [3.63, 3.8) is 0 Å². The lowest BCUT2D eigenvalue weighted by molar-refractivity contribution is 0.199. The molecule has 0 aliphatic rings. The first-order valence-electron chi connectivity index (χ1n) is 6.76. The van der Waals surface area contributed by atoms with E-state index in [1.165, 1.54) is 12.1 Å². The van der Waals surface area contributed by atoms with Crippen LogP contribution in [0.3, 0.4) is 0 Å². The second-order valence-electron chi connectivity index (χ2n) is 4.82. The van der Waals surface area contributed by atoms with Gasteiger partial charge in [-0.2, -0.15) is 5.10 Å². The van der Waals surface area contributed by atoms with Gasteiger partial charge in [0.25, 0.3) is 0 Å². The van der Waals surface area contributed by atoms with Crippen molar-refractivity contribution in [3.05, 3.63) is 51.5 Å². The fourth-order valence-corrected chi connectivity index (χ4v) is 2.50. The number of benzene rings is 1. The smallest absolute Gasteiger partial charge is 0.124 e. The van der Waals surface area contributed by atoms with Crippen molar-refractivity contribution in [3.8, 4) is 0 Å². The zero-order chi connectivity index (χ0) is 15.2. The van der Waals surface area contributed by atoms with Gasteiger partial charge >= 0.3 is 0 Å². The molecule has 0 fully saturated rings. The molecule has 4 nitrogen and oxygen atoms in total. The van der Waals surface area contributed by atoms with E-state index in [-0.39, 0.29) is 5.82 Å². The normalized spacial score (nSPS) is 11.0. The van der Waals surface area contributed by atoms with Crippen LogP contribution in [-0.4, -0.2) is 30.0 Å². The van der Waals surface area contributed by atoms with Crippen LogP contribution >= 0.6 is 15.9 Å². The van der Waals surface area contributed by atoms with Crippen molar-refractivity contribution in [2.75, 3.05) is 20.3 Å². The molecule has 6 heteroatoms. The summed E-state index contributed by atoms with van der Waals surface area (Å²) in [6.07, 6.45) is 1.87. The summed E-state index contributed by atoms with van der Waals surface area (Å²) in [5.74, 6) is -0.245. The number of nitrogens with one attached hydrogen (secondary N) is 1. The van der Waals surface area contributed by atoms with Gasteiger partial charge in [0.1, 0.15) is 5.82 Å². The second kappa shape index (κ2) is 7.68. The quantitative estimate of drug-likeness (QED) is 0.776. The zero-order valence-corrected chi connectivity index (χ0v) is 13.8. The Bertz CT molecular complexity index is 601. The molecule has 0 saturated carbocycles. The lowest BCUT2D eigenvalue weighted by Gasteiger charge is -2.08. The van der Waals surface area contributed by atoms with Gasteiger partial charge < -0.3 is 10.1 Å². The molecule has 0 amide bonds. The molecule has 1 aromatic heterocycles. The molecule has 0 aliphatic heterocycles. The highest BCUT2D eigenvalue weighted by Crippen LogP contribution is 2.20. The van der Waals surface area contributed by atoms with E-state index in [9.17, 15) is 4.39 Å². The summed E-state index contributed by atoms with van der Waals surface area (Å²) in [5, 5.41) is 7.71. The molecule has 0 atom stereocenters. The highest BCUT2D eigenvalue weighted by molar-refractivity contribution is 9.10. The highest BCUT2D eigenvalue weighted by Gasteiger charge is 2.08. The third kappa shape index (κ3) is 4.36. The molecule has 2 aromatic rings. The summed E-state index contributed by atoms with van der Waals surface area (Å²) >= 11 is 3.39. The Kier molecular flexibility index (Phi) is 5.90.